The molecule has 15 heavy (non-hydrogen) atoms. The maximum atomic E-state index is 11.9. The van der Waals surface area contributed by atoms with E-state index in [0.717, 1.165) is 0 Å². The van der Waals surface area contributed by atoms with E-state index in [9.17, 15) is 8.78 Å². The van der Waals surface area contributed by atoms with Crippen LogP contribution in [0.3, 0.4) is 0 Å². The Hall–Kier alpha value is -1.30. The van der Waals surface area contributed by atoms with Crippen molar-refractivity contribution >= 4 is 27.0 Å². The van der Waals surface area contributed by atoms with Gasteiger partial charge in [0.05, 0.1) is 17.2 Å². The molecule has 0 fully saturated rings. The van der Waals surface area contributed by atoms with Gasteiger partial charge in [-0.05, 0) is 28.1 Å². The van der Waals surface area contributed by atoms with Crippen LogP contribution >= 0.6 is 15.9 Å². The van der Waals surface area contributed by atoms with Gasteiger partial charge in [0, 0.05) is 6.07 Å². The van der Waals surface area contributed by atoms with Crippen molar-refractivity contribution in [3.05, 3.63) is 29.0 Å². The third kappa shape index (κ3) is 2.38. The molecule has 78 valence electrons. The molecule has 6 heteroatoms. The summed E-state index contributed by atoms with van der Waals surface area (Å²) >= 11 is 3.15. The van der Waals surface area contributed by atoms with Gasteiger partial charge in [0.25, 0.3) is 0 Å². The fourth-order valence-corrected chi connectivity index (χ4v) is 1.44. The fourth-order valence-electron chi connectivity index (χ4n) is 1.14. The Morgan fingerprint density at radius 3 is 2.80 bits per heavy atom. The zero-order valence-electron chi connectivity index (χ0n) is 7.32. The first-order chi connectivity index (χ1) is 7.15. The van der Waals surface area contributed by atoms with Crippen molar-refractivity contribution in [3.63, 3.8) is 0 Å². The number of nitrogens with zero attached hydrogens (tertiary/aromatic N) is 2. The largest absolute Gasteiger partial charge is 0.435 e. The van der Waals surface area contributed by atoms with Crippen LogP contribution in [0.15, 0.2) is 29.0 Å². The van der Waals surface area contributed by atoms with Crippen LogP contribution in [0.4, 0.5) is 8.78 Å². The molecule has 0 aliphatic carbocycles. The Morgan fingerprint density at radius 1 is 1.27 bits per heavy atom. The zero-order chi connectivity index (χ0) is 10.8. The second kappa shape index (κ2) is 4.06. The normalized spacial score (nSPS) is 10.9. The van der Waals surface area contributed by atoms with Crippen LogP contribution in [0.2, 0.25) is 0 Å². The Balaban J connectivity index is 2.45. The summed E-state index contributed by atoms with van der Waals surface area (Å²) < 4.78 is 28.7. The number of fused-ring (bicyclic) bond motifs is 1. The summed E-state index contributed by atoms with van der Waals surface area (Å²) in [5.74, 6) is 0.0740. The SMILES string of the molecule is FC(F)Oc1ccc2ncc(Br)nc2c1. The van der Waals surface area contributed by atoms with Crippen molar-refractivity contribution in [3.8, 4) is 5.75 Å². The minimum Gasteiger partial charge on any atom is -0.435 e. The monoisotopic (exact) mass is 274 g/mol. The molecule has 2 aromatic rings. The highest BCUT2D eigenvalue weighted by molar-refractivity contribution is 9.10. The summed E-state index contributed by atoms with van der Waals surface area (Å²) in [7, 11) is 0. The van der Waals surface area contributed by atoms with E-state index in [0.29, 0.717) is 15.6 Å². The number of aromatic nitrogens is 2. The highest BCUT2D eigenvalue weighted by Gasteiger charge is 2.05. The minimum absolute atomic E-state index is 0.0740. The van der Waals surface area contributed by atoms with Crippen molar-refractivity contribution in [2.45, 2.75) is 6.61 Å². The lowest BCUT2D eigenvalue weighted by molar-refractivity contribution is -0.0497. The summed E-state index contributed by atoms with van der Waals surface area (Å²) in [5.41, 5.74) is 1.13. The lowest BCUT2D eigenvalue weighted by atomic mass is 10.3. The molecule has 0 amide bonds. The Bertz CT molecular complexity index is 492. The maximum Gasteiger partial charge on any atom is 0.387 e. The van der Waals surface area contributed by atoms with E-state index in [2.05, 4.69) is 30.6 Å². The highest BCUT2D eigenvalue weighted by Crippen LogP contribution is 2.20. The van der Waals surface area contributed by atoms with Crippen LogP contribution in [-0.4, -0.2) is 16.6 Å². The Morgan fingerprint density at radius 2 is 2.07 bits per heavy atom. The molecule has 1 heterocycles. The molecule has 0 N–H and O–H groups in total. The van der Waals surface area contributed by atoms with E-state index in [4.69, 9.17) is 0 Å². The van der Waals surface area contributed by atoms with Crippen molar-refractivity contribution < 1.29 is 13.5 Å². The van der Waals surface area contributed by atoms with Crippen molar-refractivity contribution in [1.29, 1.82) is 0 Å². The van der Waals surface area contributed by atoms with Gasteiger partial charge in [-0.25, -0.2) is 4.98 Å². The number of rotatable bonds is 2. The van der Waals surface area contributed by atoms with Gasteiger partial charge in [0.1, 0.15) is 10.4 Å². The van der Waals surface area contributed by atoms with Crippen LogP contribution in [0.25, 0.3) is 11.0 Å². The number of alkyl halides is 2. The highest BCUT2D eigenvalue weighted by atomic mass is 79.9. The predicted octanol–water partition coefficient (Wildman–Crippen LogP) is 2.99. The van der Waals surface area contributed by atoms with Crippen LogP contribution in [0.1, 0.15) is 0 Å². The molecule has 1 aromatic heterocycles. The smallest absolute Gasteiger partial charge is 0.387 e. The summed E-state index contributed by atoms with van der Waals surface area (Å²) in [6, 6.07) is 4.42. The number of hydrogen-bond donors (Lipinski definition) is 0. The molecule has 0 aliphatic rings. The fraction of sp³-hybridized carbons (Fsp3) is 0.111. The summed E-state index contributed by atoms with van der Waals surface area (Å²) in [5, 5.41) is 0. The Labute approximate surface area is 92.2 Å². The third-order valence-corrected chi connectivity index (χ3v) is 2.09. The molecular formula is C9H5BrF2N2O. The molecule has 0 bridgehead atoms. The number of ether oxygens (including phenoxy) is 1. The summed E-state index contributed by atoms with van der Waals surface area (Å²) in [6.07, 6.45) is 1.54. The third-order valence-electron chi connectivity index (χ3n) is 1.71. The summed E-state index contributed by atoms with van der Waals surface area (Å²) in [4.78, 5) is 8.12. The molecule has 0 radical (unpaired) electrons. The van der Waals surface area contributed by atoms with E-state index in [1.807, 2.05) is 0 Å². The van der Waals surface area contributed by atoms with Gasteiger partial charge in [-0.1, -0.05) is 0 Å². The van der Waals surface area contributed by atoms with Crippen LogP contribution < -0.4 is 4.74 Å². The number of hydrogen-bond acceptors (Lipinski definition) is 3. The van der Waals surface area contributed by atoms with Crippen molar-refractivity contribution in [1.82, 2.24) is 9.97 Å². The summed E-state index contributed by atoms with van der Waals surface area (Å²) in [6.45, 7) is -2.83. The molecular weight excluding hydrogens is 270 g/mol. The number of halogens is 3. The molecule has 0 atom stereocenters. The zero-order valence-corrected chi connectivity index (χ0v) is 8.91. The second-order valence-corrected chi connectivity index (χ2v) is 3.53. The van der Waals surface area contributed by atoms with Crippen LogP contribution in [0.5, 0.6) is 5.75 Å². The van der Waals surface area contributed by atoms with Gasteiger partial charge in [0.2, 0.25) is 0 Å². The van der Waals surface area contributed by atoms with E-state index < -0.39 is 6.61 Å². The molecule has 0 spiro atoms. The van der Waals surface area contributed by atoms with Crippen LogP contribution in [0, 0.1) is 0 Å². The van der Waals surface area contributed by atoms with E-state index in [1.165, 1.54) is 18.3 Å². The van der Waals surface area contributed by atoms with Gasteiger partial charge < -0.3 is 4.74 Å². The molecule has 3 nitrogen and oxygen atoms in total. The average molecular weight is 275 g/mol. The first-order valence-corrected chi connectivity index (χ1v) is 4.81. The van der Waals surface area contributed by atoms with Crippen LogP contribution in [-0.2, 0) is 0 Å². The van der Waals surface area contributed by atoms with E-state index in [-0.39, 0.29) is 5.75 Å². The average Bonchev–Trinajstić information content (AvgIpc) is 2.16. The van der Waals surface area contributed by atoms with Gasteiger partial charge in [-0.2, -0.15) is 8.78 Å². The standard InChI is InChI=1S/C9H5BrF2N2O/c10-8-4-13-6-2-1-5(15-9(11)12)3-7(6)14-8/h1-4,9H. The molecule has 0 aliphatic heterocycles. The quantitative estimate of drug-likeness (QED) is 0.845. The first kappa shape index (κ1) is 10.2. The van der Waals surface area contributed by atoms with Crippen molar-refractivity contribution in [2.75, 3.05) is 0 Å². The molecule has 0 unspecified atom stereocenters. The van der Waals surface area contributed by atoms with Gasteiger partial charge >= 0.3 is 6.61 Å². The maximum absolute atomic E-state index is 11.9. The second-order valence-electron chi connectivity index (χ2n) is 2.72. The van der Waals surface area contributed by atoms with Gasteiger partial charge in [-0.3, -0.25) is 4.98 Å². The van der Waals surface area contributed by atoms with Gasteiger partial charge in [0.15, 0.2) is 0 Å². The van der Waals surface area contributed by atoms with E-state index in [1.54, 1.807) is 6.07 Å². The minimum atomic E-state index is -2.83. The molecule has 2 rings (SSSR count). The Kier molecular flexibility index (Phi) is 2.77. The number of benzene rings is 1. The molecule has 0 saturated carbocycles. The molecule has 0 saturated heterocycles. The topological polar surface area (TPSA) is 35.0 Å². The van der Waals surface area contributed by atoms with E-state index >= 15 is 0 Å². The lowest BCUT2D eigenvalue weighted by Crippen LogP contribution is -2.01. The van der Waals surface area contributed by atoms with Gasteiger partial charge in [-0.15, -0.1) is 0 Å². The van der Waals surface area contributed by atoms with Crippen molar-refractivity contribution in [2.24, 2.45) is 0 Å². The first-order valence-electron chi connectivity index (χ1n) is 4.02. The predicted molar refractivity (Wildman–Crippen MR) is 53.9 cm³/mol. The lowest BCUT2D eigenvalue weighted by Gasteiger charge is -2.04. The molecule has 1 aromatic carbocycles.